The molecule has 0 radical (unpaired) electrons. The van der Waals surface area contributed by atoms with Gasteiger partial charge in [0.15, 0.2) is 0 Å². The number of nitrogens with one attached hydrogen (secondary N) is 2. The molecule has 244 valence electrons. The molecule has 1 atom stereocenters. The highest BCUT2D eigenvalue weighted by molar-refractivity contribution is 5.95. The molecule has 45 heavy (non-hydrogen) atoms. The number of ether oxygens (including phenoxy) is 2. The molecule has 2 aromatic carbocycles. The Kier molecular flexibility index (Phi) is 10.4. The predicted octanol–water partition coefficient (Wildman–Crippen LogP) is 7.29. The molecule has 2 saturated carbocycles. The molecule has 0 saturated heterocycles. The third kappa shape index (κ3) is 8.61. The summed E-state index contributed by atoms with van der Waals surface area (Å²) in [6.07, 6.45) is 5.71. The van der Waals surface area contributed by atoms with E-state index in [1.165, 1.54) is 44.2 Å². The number of carboxylic acid groups (broad SMARTS) is 1. The zero-order valence-corrected chi connectivity index (χ0v) is 25.1. The predicted molar refractivity (Wildman–Crippen MR) is 160 cm³/mol. The molecule has 0 bridgehead atoms. The number of anilines is 1. The average Bonchev–Trinajstić information content (AvgIpc) is 3.02. The van der Waals surface area contributed by atoms with E-state index in [2.05, 4.69) is 15.4 Å². The Bertz CT molecular complexity index is 1340. The van der Waals surface area contributed by atoms with Crippen LogP contribution >= 0.6 is 0 Å². The number of alkyl halides is 3. The molecule has 12 heteroatoms. The van der Waals surface area contributed by atoms with Gasteiger partial charge in [0.05, 0.1) is 19.1 Å². The second-order valence-corrected chi connectivity index (χ2v) is 12.2. The van der Waals surface area contributed by atoms with Crippen LogP contribution in [0.25, 0.3) is 0 Å². The first kappa shape index (κ1) is 32.4. The number of carbonyl (C=O) groups is 3. The fraction of sp³-hybridized carbons (Fsp3) is 0.545. The summed E-state index contributed by atoms with van der Waals surface area (Å²) >= 11 is 0. The lowest BCUT2D eigenvalue weighted by Crippen LogP contribution is -2.48. The Balaban J connectivity index is 1.35. The first-order chi connectivity index (χ1) is 21.6. The number of benzene rings is 2. The number of aliphatic carboxylic acids is 1. The lowest BCUT2D eigenvalue weighted by atomic mass is 9.72. The first-order valence-electron chi connectivity index (χ1n) is 15.8. The van der Waals surface area contributed by atoms with E-state index in [4.69, 9.17) is 9.84 Å². The van der Waals surface area contributed by atoms with Gasteiger partial charge in [-0.1, -0.05) is 38.2 Å². The smallest absolute Gasteiger partial charge is 0.493 e. The van der Waals surface area contributed by atoms with Gasteiger partial charge in [0.2, 0.25) is 0 Å². The van der Waals surface area contributed by atoms with E-state index in [0.29, 0.717) is 35.9 Å². The maximum atomic E-state index is 14.0. The lowest BCUT2D eigenvalue weighted by molar-refractivity contribution is -0.274. The summed E-state index contributed by atoms with van der Waals surface area (Å²) in [4.78, 5) is 39.3. The van der Waals surface area contributed by atoms with Crippen molar-refractivity contribution in [3.05, 3.63) is 53.6 Å². The van der Waals surface area contributed by atoms with Crippen LogP contribution < -0.4 is 20.1 Å². The number of hydrogen-bond acceptors (Lipinski definition) is 5. The molecule has 2 fully saturated rings. The number of urea groups is 1. The number of halogens is 3. The Morgan fingerprint density at radius 3 is 2.27 bits per heavy atom. The van der Waals surface area contributed by atoms with Crippen molar-refractivity contribution in [3.8, 4) is 11.5 Å². The van der Waals surface area contributed by atoms with Crippen molar-refractivity contribution in [1.29, 1.82) is 0 Å². The molecule has 3 amide bonds. The van der Waals surface area contributed by atoms with Crippen molar-refractivity contribution >= 4 is 23.6 Å². The first-order valence-corrected chi connectivity index (χ1v) is 15.8. The Morgan fingerprint density at radius 1 is 0.911 bits per heavy atom. The second kappa shape index (κ2) is 14.4. The quantitative estimate of drug-likeness (QED) is 0.268. The van der Waals surface area contributed by atoms with Crippen LogP contribution in [-0.2, 0) is 4.79 Å². The van der Waals surface area contributed by atoms with E-state index < -0.39 is 18.2 Å². The van der Waals surface area contributed by atoms with E-state index in [-0.39, 0.29) is 36.8 Å². The number of fused-ring (bicyclic) bond motifs is 1. The van der Waals surface area contributed by atoms with Crippen LogP contribution in [0.1, 0.15) is 92.6 Å². The summed E-state index contributed by atoms with van der Waals surface area (Å²) in [6, 6.07) is 9.38. The minimum absolute atomic E-state index is 0.00444. The van der Waals surface area contributed by atoms with Crippen molar-refractivity contribution < 1.29 is 42.1 Å². The fourth-order valence-electron chi connectivity index (χ4n) is 7.13. The Morgan fingerprint density at radius 2 is 1.60 bits per heavy atom. The summed E-state index contributed by atoms with van der Waals surface area (Å²) in [5, 5.41) is 14.3. The second-order valence-electron chi connectivity index (χ2n) is 12.2. The van der Waals surface area contributed by atoms with Crippen LogP contribution in [0.2, 0.25) is 0 Å². The van der Waals surface area contributed by atoms with E-state index in [0.717, 1.165) is 49.3 Å². The molecule has 3 aliphatic rings. The number of carbonyl (C=O) groups excluding carboxylic acids is 2. The van der Waals surface area contributed by atoms with Crippen LogP contribution in [0.3, 0.4) is 0 Å². The van der Waals surface area contributed by atoms with E-state index >= 15 is 0 Å². The highest BCUT2D eigenvalue weighted by Crippen LogP contribution is 2.44. The van der Waals surface area contributed by atoms with E-state index in [1.807, 2.05) is 4.90 Å². The standard InChI is InChI=1S/C33H40F3N3O6/c34-33(35,36)45-26-13-9-24(10-14-26)38-32(43)39(25-11-6-22(7-12-25)21-4-2-1-3-5-21)28-17-19-44-29-20-23(8-15-27(28)29)31(42)37-18-16-30(40)41/h8-10,13-15,20-22,25,28H,1-7,11-12,16-19H2,(H,37,42)(H,38,43)(H,40,41). The van der Waals surface area contributed by atoms with Crippen molar-refractivity contribution in [2.45, 2.75) is 89.1 Å². The van der Waals surface area contributed by atoms with E-state index in [9.17, 15) is 27.6 Å². The van der Waals surface area contributed by atoms with Gasteiger partial charge in [0.25, 0.3) is 5.91 Å². The van der Waals surface area contributed by atoms with Crippen molar-refractivity contribution in [2.24, 2.45) is 11.8 Å². The fourth-order valence-corrected chi connectivity index (χ4v) is 7.13. The van der Waals surface area contributed by atoms with Crippen LogP contribution in [-0.4, -0.2) is 53.5 Å². The molecule has 1 aliphatic heterocycles. The zero-order chi connectivity index (χ0) is 32.0. The van der Waals surface area contributed by atoms with Gasteiger partial charge >= 0.3 is 18.4 Å². The maximum Gasteiger partial charge on any atom is 0.573 e. The van der Waals surface area contributed by atoms with Crippen LogP contribution in [0.15, 0.2) is 42.5 Å². The Labute approximate surface area is 260 Å². The van der Waals surface area contributed by atoms with Gasteiger partial charge < -0.3 is 30.1 Å². The molecule has 2 aliphatic carbocycles. The Hall–Kier alpha value is -3.96. The number of hydrogen-bond donors (Lipinski definition) is 3. The van der Waals surface area contributed by atoms with Crippen LogP contribution in [0.4, 0.5) is 23.7 Å². The van der Waals surface area contributed by atoms with Gasteiger partial charge in [0, 0.05) is 35.8 Å². The number of amides is 3. The van der Waals surface area contributed by atoms with E-state index in [1.54, 1.807) is 18.2 Å². The summed E-state index contributed by atoms with van der Waals surface area (Å²) in [5.74, 6) is 0.0705. The SMILES string of the molecule is O=C(O)CCNC(=O)c1ccc2c(c1)OCCC2N(C(=O)Nc1ccc(OC(F)(F)F)cc1)C1CCC(C2CCCCC2)CC1. The molecule has 5 rings (SSSR count). The van der Waals surface area contributed by atoms with Gasteiger partial charge in [-0.15, -0.1) is 13.2 Å². The molecule has 0 aromatic heterocycles. The third-order valence-corrected chi connectivity index (χ3v) is 9.27. The molecule has 2 aromatic rings. The van der Waals surface area contributed by atoms with Gasteiger partial charge in [-0.3, -0.25) is 9.59 Å². The van der Waals surface area contributed by atoms with Crippen molar-refractivity contribution in [3.63, 3.8) is 0 Å². The number of nitrogens with zero attached hydrogens (tertiary/aromatic N) is 1. The lowest BCUT2D eigenvalue weighted by Gasteiger charge is -2.44. The maximum absolute atomic E-state index is 14.0. The van der Waals surface area contributed by atoms with Crippen LogP contribution in [0.5, 0.6) is 11.5 Å². The summed E-state index contributed by atoms with van der Waals surface area (Å²) in [7, 11) is 0. The van der Waals surface area contributed by atoms with Crippen molar-refractivity contribution in [1.82, 2.24) is 10.2 Å². The minimum Gasteiger partial charge on any atom is -0.493 e. The highest BCUT2D eigenvalue weighted by atomic mass is 19.4. The third-order valence-electron chi connectivity index (χ3n) is 9.27. The van der Waals surface area contributed by atoms with Gasteiger partial charge in [-0.05, 0) is 73.9 Å². The monoisotopic (exact) mass is 631 g/mol. The minimum atomic E-state index is -4.81. The number of carboxylic acids is 1. The molecule has 1 unspecified atom stereocenters. The van der Waals surface area contributed by atoms with Crippen LogP contribution in [0, 0.1) is 11.8 Å². The summed E-state index contributed by atoms with van der Waals surface area (Å²) < 4.78 is 47.8. The summed E-state index contributed by atoms with van der Waals surface area (Å²) in [5.41, 5.74) is 1.43. The molecular formula is C33H40F3N3O6. The molecule has 9 nitrogen and oxygen atoms in total. The van der Waals surface area contributed by atoms with Gasteiger partial charge in [0.1, 0.15) is 11.5 Å². The van der Waals surface area contributed by atoms with Crippen molar-refractivity contribution in [2.75, 3.05) is 18.5 Å². The molecule has 1 heterocycles. The molecule has 0 spiro atoms. The van der Waals surface area contributed by atoms with Gasteiger partial charge in [-0.2, -0.15) is 0 Å². The highest BCUT2D eigenvalue weighted by Gasteiger charge is 2.39. The van der Waals surface area contributed by atoms with Gasteiger partial charge in [-0.25, -0.2) is 4.79 Å². The largest absolute Gasteiger partial charge is 0.573 e. The average molecular weight is 632 g/mol. The molecule has 3 N–H and O–H groups in total. The molecular weight excluding hydrogens is 591 g/mol. The normalized spacial score (nSPS) is 22.0. The summed E-state index contributed by atoms with van der Waals surface area (Å²) in [6.45, 7) is 0.321. The number of rotatable bonds is 9. The zero-order valence-electron chi connectivity index (χ0n) is 25.1. The topological polar surface area (TPSA) is 117 Å².